The van der Waals surface area contributed by atoms with E-state index in [0.29, 0.717) is 42.7 Å². The normalized spacial score (nSPS) is 19.4. The van der Waals surface area contributed by atoms with Crippen molar-refractivity contribution in [2.45, 2.75) is 37.7 Å². The van der Waals surface area contributed by atoms with Crippen molar-refractivity contribution in [2.75, 3.05) is 0 Å². The average molecular weight is 257 g/mol. The predicted molar refractivity (Wildman–Crippen MR) is 63.5 cm³/mol. The van der Waals surface area contributed by atoms with E-state index in [1.165, 1.54) is 18.2 Å². The van der Waals surface area contributed by atoms with Crippen LogP contribution in [0.15, 0.2) is 18.2 Å². The van der Waals surface area contributed by atoms with Gasteiger partial charge in [0.25, 0.3) is 0 Å². The van der Waals surface area contributed by atoms with E-state index in [-0.39, 0.29) is 11.6 Å². The van der Waals surface area contributed by atoms with E-state index in [1.807, 2.05) is 0 Å². The van der Waals surface area contributed by atoms with Gasteiger partial charge in [-0.3, -0.25) is 4.79 Å². The van der Waals surface area contributed by atoms with Gasteiger partial charge in [0.05, 0.1) is 5.60 Å². The summed E-state index contributed by atoms with van der Waals surface area (Å²) < 4.78 is 13.1. The van der Waals surface area contributed by atoms with Crippen molar-refractivity contribution in [1.29, 1.82) is 0 Å². The van der Waals surface area contributed by atoms with Crippen LogP contribution in [0.5, 0.6) is 0 Å². The Kier molecular flexibility index (Phi) is 3.50. The number of halogens is 2. The number of hydrogen-bond acceptors (Lipinski definition) is 2. The second-order valence-electron chi connectivity index (χ2n) is 4.68. The molecule has 1 aromatic carbocycles. The Bertz CT molecular complexity index is 435. The Morgan fingerprint density at radius 1 is 1.35 bits per heavy atom. The molecule has 0 spiro atoms. The lowest BCUT2D eigenvalue weighted by molar-refractivity contribution is -0.125. The largest absolute Gasteiger partial charge is 0.390 e. The quantitative estimate of drug-likeness (QED) is 0.883. The number of benzene rings is 1. The van der Waals surface area contributed by atoms with Gasteiger partial charge in [-0.25, -0.2) is 4.39 Å². The van der Waals surface area contributed by atoms with Crippen LogP contribution in [0.2, 0.25) is 5.02 Å². The van der Waals surface area contributed by atoms with Crippen LogP contribution in [0.25, 0.3) is 0 Å². The Hall–Kier alpha value is -0.930. The topological polar surface area (TPSA) is 37.3 Å². The third-order valence-corrected chi connectivity index (χ3v) is 3.63. The molecular weight excluding hydrogens is 243 g/mol. The first-order chi connectivity index (χ1) is 7.98. The first-order valence-electron chi connectivity index (χ1n) is 5.67. The molecule has 0 amide bonds. The van der Waals surface area contributed by atoms with Gasteiger partial charge < -0.3 is 5.11 Å². The van der Waals surface area contributed by atoms with Crippen molar-refractivity contribution >= 4 is 17.4 Å². The highest BCUT2D eigenvalue weighted by Crippen LogP contribution is 2.32. The maximum atomic E-state index is 13.1. The van der Waals surface area contributed by atoms with Crippen molar-refractivity contribution in [3.05, 3.63) is 34.6 Å². The SMILES string of the molecule is O=C1CCC(O)(Cc2cc(F)ccc2Cl)CC1. The third-order valence-electron chi connectivity index (χ3n) is 3.27. The van der Waals surface area contributed by atoms with Gasteiger partial charge >= 0.3 is 0 Å². The minimum Gasteiger partial charge on any atom is -0.390 e. The molecule has 0 unspecified atom stereocenters. The Morgan fingerprint density at radius 3 is 2.65 bits per heavy atom. The van der Waals surface area contributed by atoms with Crippen LogP contribution in [0, 0.1) is 5.82 Å². The van der Waals surface area contributed by atoms with E-state index in [9.17, 15) is 14.3 Å². The van der Waals surface area contributed by atoms with Crippen LogP contribution in [-0.4, -0.2) is 16.5 Å². The summed E-state index contributed by atoms with van der Waals surface area (Å²) in [4.78, 5) is 11.1. The summed E-state index contributed by atoms with van der Waals surface area (Å²) in [5.74, 6) is -0.181. The molecule has 2 rings (SSSR count). The van der Waals surface area contributed by atoms with E-state index >= 15 is 0 Å². The number of Topliss-reactive ketones (excluding diaryl/α,β-unsaturated/α-hetero) is 1. The minimum absolute atomic E-state index is 0.181. The molecule has 0 heterocycles. The van der Waals surface area contributed by atoms with Gasteiger partial charge in [-0.15, -0.1) is 0 Å². The van der Waals surface area contributed by atoms with Gasteiger partial charge in [0.1, 0.15) is 11.6 Å². The highest BCUT2D eigenvalue weighted by Gasteiger charge is 2.33. The first kappa shape index (κ1) is 12.5. The van der Waals surface area contributed by atoms with Gasteiger partial charge in [-0.05, 0) is 36.6 Å². The highest BCUT2D eigenvalue weighted by atomic mass is 35.5. The maximum Gasteiger partial charge on any atom is 0.133 e. The summed E-state index contributed by atoms with van der Waals surface area (Å²) in [5, 5.41) is 10.8. The Morgan fingerprint density at radius 2 is 2.00 bits per heavy atom. The summed E-state index contributed by atoms with van der Waals surface area (Å²) in [6.07, 6.45) is 1.95. The molecule has 1 aromatic rings. The van der Waals surface area contributed by atoms with Crippen molar-refractivity contribution in [1.82, 2.24) is 0 Å². The molecule has 0 aromatic heterocycles. The third kappa shape index (κ3) is 3.05. The molecule has 0 radical (unpaired) electrons. The van der Waals surface area contributed by atoms with Gasteiger partial charge in [0.2, 0.25) is 0 Å². The average Bonchev–Trinajstić information content (AvgIpc) is 2.28. The van der Waals surface area contributed by atoms with Gasteiger partial charge in [0.15, 0.2) is 0 Å². The predicted octanol–water partition coefficient (Wildman–Crippen LogP) is 2.90. The molecule has 92 valence electrons. The van der Waals surface area contributed by atoms with Gasteiger partial charge in [-0.1, -0.05) is 11.6 Å². The summed E-state index contributed by atoms with van der Waals surface area (Å²) >= 11 is 5.96. The molecule has 17 heavy (non-hydrogen) atoms. The molecule has 1 N–H and O–H groups in total. The lowest BCUT2D eigenvalue weighted by atomic mass is 9.80. The smallest absolute Gasteiger partial charge is 0.133 e. The molecule has 1 saturated carbocycles. The van der Waals surface area contributed by atoms with Crippen molar-refractivity contribution in [3.63, 3.8) is 0 Å². The number of carbonyl (C=O) groups excluding carboxylic acids is 1. The van der Waals surface area contributed by atoms with E-state index in [0.717, 1.165) is 0 Å². The number of rotatable bonds is 2. The number of carbonyl (C=O) groups is 1. The molecular formula is C13H14ClFO2. The molecule has 0 aliphatic heterocycles. The van der Waals surface area contributed by atoms with Crippen LogP contribution in [0.3, 0.4) is 0 Å². The number of hydrogen-bond donors (Lipinski definition) is 1. The molecule has 1 aliphatic rings. The summed E-state index contributed by atoms with van der Waals surface area (Å²) in [6, 6.07) is 4.13. The fourth-order valence-electron chi connectivity index (χ4n) is 2.20. The van der Waals surface area contributed by atoms with Crippen molar-refractivity contribution < 1.29 is 14.3 Å². The molecule has 0 saturated heterocycles. The van der Waals surface area contributed by atoms with Crippen LogP contribution in [0.4, 0.5) is 4.39 Å². The first-order valence-corrected chi connectivity index (χ1v) is 6.04. The second-order valence-corrected chi connectivity index (χ2v) is 5.08. The van der Waals surface area contributed by atoms with Crippen LogP contribution in [0.1, 0.15) is 31.2 Å². The highest BCUT2D eigenvalue weighted by molar-refractivity contribution is 6.31. The fraction of sp³-hybridized carbons (Fsp3) is 0.462. The number of ketones is 1. The van der Waals surface area contributed by atoms with E-state index in [4.69, 9.17) is 11.6 Å². The van der Waals surface area contributed by atoms with E-state index < -0.39 is 5.60 Å². The Balaban J connectivity index is 2.14. The summed E-state index contributed by atoms with van der Waals surface area (Å²) in [5.41, 5.74) is -0.325. The number of aliphatic hydroxyl groups is 1. The van der Waals surface area contributed by atoms with Crippen LogP contribution in [-0.2, 0) is 11.2 Å². The minimum atomic E-state index is -0.925. The van der Waals surface area contributed by atoms with Crippen LogP contribution < -0.4 is 0 Å². The lowest BCUT2D eigenvalue weighted by Gasteiger charge is -2.31. The maximum absolute atomic E-state index is 13.1. The zero-order valence-corrected chi connectivity index (χ0v) is 10.1. The molecule has 1 fully saturated rings. The summed E-state index contributed by atoms with van der Waals surface area (Å²) in [7, 11) is 0. The van der Waals surface area contributed by atoms with E-state index in [1.54, 1.807) is 0 Å². The second kappa shape index (κ2) is 4.75. The fourth-order valence-corrected chi connectivity index (χ4v) is 2.39. The molecule has 0 bridgehead atoms. The monoisotopic (exact) mass is 256 g/mol. The Labute approximate surface area is 104 Å². The molecule has 4 heteroatoms. The molecule has 0 atom stereocenters. The summed E-state index contributed by atoms with van der Waals surface area (Å²) in [6.45, 7) is 0. The zero-order valence-electron chi connectivity index (χ0n) is 9.38. The standard InChI is InChI=1S/C13H14ClFO2/c14-12-2-1-10(15)7-9(12)8-13(17)5-3-11(16)4-6-13/h1-2,7,17H,3-6,8H2. The van der Waals surface area contributed by atoms with Gasteiger partial charge in [-0.2, -0.15) is 0 Å². The van der Waals surface area contributed by atoms with E-state index in [2.05, 4.69) is 0 Å². The lowest BCUT2D eigenvalue weighted by Crippen LogP contribution is -2.36. The zero-order chi connectivity index (χ0) is 12.5. The van der Waals surface area contributed by atoms with Crippen molar-refractivity contribution in [3.8, 4) is 0 Å². The molecule has 2 nitrogen and oxygen atoms in total. The molecule has 1 aliphatic carbocycles. The van der Waals surface area contributed by atoms with Gasteiger partial charge in [0, 0.05) is 24.3 Å². The van der Waals surface area contributed by atoms with Crippen molar-refractivity contribution in [2.24, 2.45) is 0 Å². The van der Waals surface area contributed by atoms with Crippen LogP contribution >= 0.6 is 11.6 Å².